The van der Waals surface area contributed by atoms with Crippen LogP contribution in [0.2, 0.25) is 0 Å². The molecule has 1 atom stereocenters. The number of hydrogen-bond donors (Lipinski definition) is 1. The van der Waals surface area contributed by atoms with E-state index in [4.69, 9.17) is 0 Å². The van der Waals surface area contributed by atoms with Gasteiger partial charge in [0.2, 0.25) is 0 Å². The summed E-state index contributed by atoms with van der Waals surface area (Å²) >= 11 is 0. The zero-order valence-corrected chi connectivity index (χ0v) is 7.34. The molecule has 0 amide bonds. The third-order valence-corrected chi connectivity index (χ3v) is 2.37. The molecule has 0 saturated heterocycles. The van der Waals surface area contributed by atoms with Crippen molar-refractivity contribution < 1.29 is 5.11 Å². The number of aliphatic hydroxyl groups is 1. The van der Waals surface area contributed by atoms with E-state index in [1.54, 1.807) is 0 Å². The average Bonchev–Trinajstić information content (AvgIpc) is 2.03. The molecule has 64 valence electrons. The Bertz CT molecular complexity index is 140. The molecule has 0 unspecified atom stereocenters. The highest BCUT2D eigenvalue weighted by atomic mass is 16.3. The summed E-state index contributed by atoms with van der Waals surface area (Å²) in [5, 5.41) is 9.92. The molecule has 0 heterocycles. The van der Waals surface area contributed by atoms with Crippen LogP contribution < -0.4 is 0 Å². The second-order valence-electron chi connectivity index (χ2n) is 3.50. The van der Waals surface area contributed by atoms with Gasteiger partial charge in [0, 0.05) is 0 Å². The van der Waals surface area contributed by atoms with E-state index < -0.39 is 5.60 Å². The minimum absolute atomic E-state index is 0.450. The molecule has 0 aromatic carbocycles. The van der Waals surface area contributed by atoms with Gasteiger partial charge in [0.05, 0.1) is 5.60 Å². The monoisotopic (exact) mass is 154 g/mol. The summed E-state index contributed by atoms with van der Waals surface area (Å²) in [6.45, 7) is 2.16. The van der Waals surface area contributed by atoms with Gasteiger partial charge in [0.15, 0.2) is 0 Å². The van der Waals surface area contributed by atoms with E-state index in [0.29, 0.717) is 0 Å². The van der Waals surface area contributed by atoms with Crippen molar-refractivity contribution in [2.75, 3.05) is 0 Å². The number of rotatable bonds is 3. The van der Waals surface area contributed by atoms with Crippen LogP contribution in [0.15, 0.2) is 12.2 Å². The summed E-state index contributed by atoms with van der Waals surface area (Å²) in [7, 11) is 0. The van der Waals surface area contributed by atoms with Gasteiger partial charge in [-0.25, -0.2) is 0 Å². The van der Waals surface area contributed by atoms with Gasteiger partial charge in [0.1, 0.15) is 0 Å². The molecule has 0 fully saturated rings. The summed E-state index contributed by atoms with van der Waals surface area (Å²) < 4.78 is 0. The number of unbranched alkanes of at least 4 members (excludes halogenated alkanes) is 1. The van der Waals surface area contributed by atoms with Crippen LogP contribution in [0.4, 0.5) is 0 Å². The standard InChI is InChI=1S/C10H18O/c1-2-3-7-10(11)8-5-4-6-9-10/h5,8,11H,2-4,6-7,9H2,1H3/t10-/m0/s1. The van der Waals surface area contributed by atoms with Crippen molar-refractivity contribution in [1.82, 2.24) is 0 Å². The van der Waals surface area contributed by atoms with Crippen molar-refractivity contribution in [3.8, 4) is 0 Å². The summed E-state index contributed by atoms with van der Waals surface area (Å²) in [5.41, 5.74) is -0.450. The fourth-order valence-electron chi connectivity index (χ4n) is 1.60. The van der Waals surface area contributed by atoms with Crippen molar-refractivity contribution in [2.24, 2.45) is 0 Å². The van der Waals surface area contributed by atoms with Crippen LogP contribution in [0, 0.1) is 0 Å². The summed E-state index contributed by atoms with van der Waals surface area (Å²) in [4.78, 5) is 0. The van der Waals surface area contributed by atoms with Crippen LogP contribution in [-0.4, -0.2) is 10.7 Å². The maximum atomic E-state index is 9.92. The minimum Gasteiger partial charge on any atom is -0.386 e. The van der Waals surface area contributed by atoms with Crippen LogP contribution in [0.1, 0.15) is 45.4 Å². The van der Waals surface area contributed by atoms with Crippen molar-refractivity contribution in [3.05, 3.63) is 12.2 Å². The lowest BCUT2D eigenvalue weighted by molar-refractivity contribution is 0.0633. The van der Waals surface area contributed by atoms with Crippen LogP contribution in [0.5, 0.6) is 0 Å². The fraction of sp³-hybridized carbons (Fsp3) is 0.800. The Balaban J connectivity index is 2.37. The van der Waals surface area contributed by atoms with Crippen LogP contribution >= 0.6 is 0 Å². The molecule has 1 N–H and O–H groups in total. The lowest BCUT2D eigenvalue weighted by Crippen LogP contribution is -2.27. The molecular weight excluding hydrogens is 136 g/mol. The highest BCUT2D eigenvalue weighted by Gasteiger charge is 2.23. The maximum absolute atomic E-state index is 9.92. The normalized spacial score (nSPS) is 30.7. The molecule has 1 aliphatic carbocycles. The Morgan fingerprint density at radius 3 is 2.91 bits per heavy atom. The smallest absolute Gasteiger partial charge is 0.0827 e. The van der Waals surface area contributed by atoms with Crippen LogP contribution in [-0.2, 0) is 0 Å². The Morgan fingerprint density at radius 2 is 2.36 bits per heavy atom. The third kappa shape index (κ3) is 2.66. The van der Waals surface area contributed by atoms with Crippen molar-refractivity contribution in [2.45, 2.75) is 51.0 Å². The molecule has 1 nitrogen and oxygen atoms in total. The fourth-order valence-corrected chi connectivity index (χ4v) is 1.60. The average molecular weight is 154 g/mol. The van der Waals surface area contributed by atoms with E-state index in [9.17, 15) is 5.11 Å². The molecule has 1 rings (SSSR count). The van der Waals surface area contributed by atoms with Gasteiger partial charge in [-0.3, -0.25) is 0 Å². The van der Waals surface area contributed by atoms with E-state index in [-0.39, 0.29) is 0 Å². The van der Waals surface area contributed by atoms with Crippen LogP contribution in [0.25, 0.3) is 0 Å². The SMILES string of the molecule is CCCC[C@]1(O)C=CCCC1. The first-order valence-corrected chi connectivity index (χ1v) is 4.67. The maximum Gasteiger partial charge on any atom is 0.0827 e. The van der Waals surface area contributed by atoms with Crippen molar-refractivity contribution in [3.63, 3.8) is 0 Å². The molecule has 0 saturated carbocycles. The largest absolute Gasteiger partial charge is 0.386 e. The summed E-state index contributed by atoms with van der Waals surface area (Å²) in [6.07, 6.45) is 10.6. The van der Waals surface area contributed by atoms with Crippen molar-refractivity contribution in [1.29, 1.82) is 0 Å². The molecule has 0 bridgehead atoms. The zero-order valence-electron chi connectivity index (χ0n) is 7.34. The molecule has 1 aliphatic rings. The third-order valence-electron chi connectivity index (χ3n) is 2.37. The number of allylic oxidation sites excluding steroid dienone is 1. The molecular formula is C10H18O. The molecule has 1 heteroatoms. The molecule has 0 spiro atoms. The first kappa shape index (κ1) is 8.79. The van der Waals surface area contributed by atoms with E-state index in [1.807, 2.05) is 6.08 Å². The summed E-state index contributed by atoms with van der Waals surface area (Å²) in [6, 6.07) is 0. The van der Waals surface area contributed by atoms with Crippen molar-refractivity contribution >= 4 is 0 Å². The summed E-state index contributed by atoms with van der Waals surface area (Å²) in [5.74, 6) is 0. The van der Waals surface area contributed by atoms with Gasteiger partial charge in [0.25, 0.3) is 0 Å². The Kier molecular flexibility index (Phi) is 3.13. The lowest BCUT2D eigenvalue weighted by atomic mass is 9.87. The predicted octanol–water partition coefficient (Wildman–Crippen LogP) is 2.65. The molecule has 11 heavy (non-hydrogen) atoms. The minimum atomic E-state index is -0.450. The zero-order chi connectivity index (χ0) is 8.16. The highest BCUT2D eigenvalue weighted by molar-refractivity contribution is 5.04. The van der Waals surface area contributed by atoms with Gasteiger partial charge < -0.3 is 5.11 Å². The first-order chi connectivity index (χ1) is 5.27. The van der Waals surface area contributed by atoms with E-state index in [1.165, 1.54) is 6.42 Å². The van der Waals surface area contributed by atoms with E-state index in [0.717, 1.165) is 32.1 Å². The predicted molar refractivity (Wildman–Crippen MR) is 47.5 cm³/mol. The molecule has 0 radical (unpaired) electrons. The van der Waals surface area contributed by atoms with Gasteiger partial charge >= 0.3 is 0 Å². The Morgan fingerprint density at radius 1 is 1.55 bits per heavy atom. The van der Waals surface area contributed by atoms with Crippen LogP contribution in [0.3, 0.4) is 0 Å². The van der Waals surface area contributed by atoms with Gasteiger partial charge in [-0.1, -0.05) is 31.9 Å². The molecule has 0 aromatic rings. The molecule has 0 aromatic heterocycles. The lowest BCUT2D eigenvalue weighted by Gasteiger charge is -2.27. The topological polar surface area (TPSA) is 20.2 Å². The second-order valence-corrected chi connectivity index (χ2v) is 3.50. The Hall–Kier alpha value is -0.300. The Labute approximate surface area is 69.1 Å². The van der Waals surface area contributed by atoms with E-state index >= 15 is 0 Å². The highest BCUT2D eigenvalue weighted by Crippen LogP contribution is 2.26. The van der Waals surface area contributed by atoms with E-state index in [2.05, 4.69) is 13.0 Å². The van der Waals surface area contributed by atoms with Gasteiger partial charge in [-0.15, -0.1) is 0 Å². The first-order valence-electron chi connectivity index (χ1n) is 4.67. The molecule has 0 aliphatic heterocycles. The van der Waals surface area contributed by atoms with Gasteiger partial charge in [-0.05, 0) is 25.7 Å². The quantitative estimate of drug-likeness (QED) is 0.619. The number of hydrogen-bond acceptors (Lipinski definition) is 1. The van der Waals surface area contributed by atoms with Gasteiger partial charge in [-0.2, -0.15) is 0 Å². The second kappa shape index (κ2) is 3.91.